The minimum Gasteiger partial charge on any atom is -0.481 e. The average molecular weight is 471 g/mol. The summed E-state index contributed by atoms with van der Waals surface area (Å²) in [6, 6.07) is 16.5. The highest BCUT2D eigenvalue weighted by atomic mass is 79.9. The highest BCUT2D eigenvalue weighted by Gasteiger charge is 2.50. The van der Waals surface area contributed by atoms with Crippen LogP contribution >= 0.6 is 15.9 Å². The number of ether oxygens (including phenoxy) is 1. The van der Waals surface area contributed by atoms with Gasteiger partial charge >= 0.3 is 0 Å². The first kappa shape index (κ1) is 21.7. The van der Waals surface area contributed by atoms with Crippen molar-refractivity contribution in [1.82, 2.24) is 4.98 Å². The van der Waals surface area contributed by atoms with E-state index >= 15 is 0 Å². The molecule has 0 saturated heterocycles. The molecule has 1 aliphatic rings. The standard InChI is InChI=1S/C23H27BrN2O2Si/c1-15-12-16(14-25)22(27)18(13-20-19(24)10-11-21(26-20)28-2)23(15)29(3,4)17-8-6-5-7-9-17/h5-11,15-16,18,23H,12-13H2,1-4H3/t15-,16?,18+,23+/m1/s1. The average Bonchev–Trinajstić information content (AvgIpc) is 2.72. The van der Waals surface area contributed by atoms with Crippen LogP contribution in [0.3, 0.4) is 0 Å². The van der Waals surface area contributed by atoms with Crippen molar-refractivity contribution in [2.24, 2.45) is 17.8 Å². The fourth-order valence-corrected chi connectivity index (χ4v) is 9.68. The molecule has 29 heavy (non-hydrogen) atoms. The number of hydrogen-bond acceptors (Lipinski definition) is 4. The van der Waals surface area contributed by atoms with E-state index in [-0.39, 0.29) is 17.2 Å². The van der Waals surface area contributed by atoms with Crippen molar-refractivity contribution in [3.8, 4) is 11.9 Å². The van der Waals surface area contributed by atoms with Crippen LogP contribution < -0.4 is 9.92 Å². The van der Waals surface area contributed by atoms with Gasteiger partial charge in [-0.15, -0.1) is 0 Å². The Morgan fingerprint density at radius 3 is 2.55 bits per heavy atom. The minimum atomic E-state index is -1.99. The molecule has 4 nitrogen and oxygen atoms in total. The van der Waals surface area contributed by atoms with Gasteiger partial charge in [-0.1, -0.05) is 55.5 Å². The summed E-state index contributed by atoms with van der Waals surface area (Å²) in [4.78, 5) is 18.0. The maximum atomic E-state index is 13.4. The molecular weight excluding hydrogens is 444 g/mol. The topological polar surface area (TPSA) is 63.0 Å². The number of nitriles is 1. The van der Waals surface area contributed by atoms with Crippen LogP contribution in [0.25, 0.3) is 0 Å². The summed E-state index contributed by atoms with van der Waals surface area (Å²) in [6.45, 7) is 6.91. The molecule has 0 N–H and O–H groups in total. The second-order valence-electron chi connectivity index (χ2n) is 8.50. The molecule has 1 unspecified atom stereocenters. The third kappa shape index (κ3) is 4.31. The SMILES string of the molecule is COc1ccc(Br)c(C[C@H]2C(=O)C(C#N)C[C@@H](C)[C@@H]2[Si](C)(C)c2ccccc2)n1. The van der Waals surface area contributed by atoms with Crippen molar-refractivity contribution in [2.45, 2.75) is 38.4 Å². The normalized spacial score (nSPS) is 24.8. The Morgan fingerprint density at radius 1 is 1.24 bits per heavy atom. The highest BCUT2D eigenvalue weighted by molar-refractivity contribution is 9.10. The van der Waals surface area contributed by atoms with Gasteiger partial charge in [-0.2, -0.15) is 5.26 Å². The van der Waals surface area contributed by atoms with Crippen LogP contribution in [0, 0.1) is 29.1 Å². The van der Waals surface area contributed by atoms with Crippen LogP contribution in [0.15, 0.2) is 46.9 Å². The van der Waals surface area contributed by atoms with Crippen molar-refractivity contribution >= 4 is 35.0 Å². The number of aromatic nitrogens is 1. The largest absolute Gasteiger partial charge is 0.481 e. The van der Waals surface area contributed by atoms with E-state index in [2.05, 4.69) is 71.3 Å². The molecule has 0 radical (unpaired) electrons. The Hall–Kier alpha value is -1.97. The van der Waals surface area contributed by atoms with Gasteiger partial charge in [0.2, 0.25) is 5.88 Å². The van der Waals surface area contributed by atoms with Crippen molar-refractivity contribution in [3.05, 3.63) is 52.6 Å². The van der Waals surface area contributed by atoms with Gasteiger partial charge in [-0.25, -0.2) is 4.98 Å². The number of carbonyl (C=O) groups excluding carboxylic acids is 1. The van der Waals surface area contributed by atoms with E-state index < -0.39 is 14.0 Å². The molecule has 1 heterocycles. The number of halogens is 1. The fraction of sp³-hybridized carbons (Fsp3) is 0.435. The molecule has 152 valence electrons. The predicted molar refractivity (Wildman–Crippen MR) is 121 cm³/mol. The van der Waals surface area contributed by atoms with Crippen molar-refractivity contribution in [3.63, 3.8) is 0 Å². The zero-order valence-corrected chi connectivity index (χ0v) is 19.9. The molecule has 3 rings (SSSR count). The van der Waals surface area contributed by atoms with E-state index in [9.17, 15) is 10.1 Å². The predicted octanol–water partition coefficient (Wildman–Crippen LogP) is 4.75. The van der Waals surface area contributed by atoms with Crippen LogP contribution in [-0.4, -0.2) is 26.0 Å². The lowest BCUT2D eigenvalue weighted by molar-refractivity contribution is -0.128. The Balaban J connectivity index is 2.05. The molecule has 1 aromatic carbocycles. The van der Waals surface area contributed by atoms with Gasteiger partial charge in [0.05, 0.1) is 26.9 Å². The van der Waals surface area contributed by atoms with E-state index in [0.717, 1.165) is 10.2 Å². The lowest BCUT2D eigenvalue weighted by Gasteiger charge is -2.46. The number of hydrogen-bond donors (Lipinski definition) is 0. The van der Waals surface area contributed by atoms with Gasteiger partial charge in [0, 0.05) is 22.9 Å². The number of pyridine rings is 1. The van der Waals surface area contributed by atoms with Crippen molar-refractivity contribution < 1.29 is 9.53 Å². The van der Waals surface area contributed by atoms with Gasteiger partial charge in [-0.3, -0.25) is 4.79 Å². The first-order valence-electron chi connectivity index (χ1n) is 9.97. The molecule has 1 saturated carbocycles. The molecule has 1 aromatic heterocycles. The van der Waals surface area contributed by atoms with Crippen LogP contribution in [0.1, 0.15) is 19.0 Å². The summed E-state index contributed by atoms with van der Waals surface area (Å²) in [5, 5.41) is 11.0. The van der Waals surface area contributed by atoms with Crippen molar-refractivity contribution in [2.75, 3.05) is 7.11 Å². The smallest absolute Gasteiger partial charge is 0.213 e. The van der Waals surface area contributed by atoms with Gasteiger partial charge in [0.15, 0.2) is 5.78 Å². The summed E-state index contributed by atoms with van der Waals surface area (Å²) < 4.78 is 6.16. The summed E-state index contributed by atoms with van der Waals surface area (Å²) in [7, 11) is -0.396. The second-order valence-corrected chi connectivity index (χ2v) is 14.0. The molecule has 0 bridgehead atoms. The van der Waals surface area contributed by atoms with Crippen molar-refractivity contribution in [1.29, 1.82) is 5.26 Å². The number of Topliss-reactive ketones (excluding diaryl/α,β-unsaturated/α-hetero) is 1. The summed E-state index contributed by atoms with van der Waals surface area (Å²) in [5.41, 5.74) is 1.05. The third-order valence-corrected chi connectivity index (χ3v) is 11.6. The Labute approximate surface area is 182 Å². The third-order valence-electron chi connectivity index (χ3n) is 6.39. The fourth-order valence-electron chi connectivity index (χ4n) is 5.01. The van der Waals surface area contributed by atoms with E-state index in [1.165, 1.54) is 5.19 Å². The molecular formula is C23H27BrN2O2Si. The van der Waals surface area contributed by atoms with E-state index in [0.29, 0.717) is 24.6 Å². The lowest BCUT2D eigenvalue weighted by atomic mass is 9.73. The molecule has 2 aromatic rings. The van der Waals surface area contributed by atoms with Crippen LogP contribution in [0.5, 0.6) is 5.88 Å². The number of methoxy groups -OCH3 is 1. The quantitative estimate of drug-likeness (QED) is 0.591. The Kier molecular flexibility index (Phi) is 6.60. The van der Waals surface area contributed by atoms with Crippen LogP contribution in [0.4, 0.5) is 0 Å². The van der Waals surface area contributed by atoms with E-state index in [4.69, 9.17) is 4.74 Å². The van der Waals surface area contributed by atoms with E-state index in [1.54, 1.807) is 13.2 Å². The molecule has 1 aliphatic carbocycles. The molecule has 1 fully saturated rings. The number of nitrogens with zero attached hydrogens (tertiary/aromatic N) is 2. The van der Waals surface area contributed by atoms with Crippen LogP contribution in [-0.2, 0) is 11.2 Å². The maximum absolute atomic E-state index is 13.4. The molecule has 6 heteroatoms. The van der Waals surface area contributed by atoms with Gasteiger partial charge < -0.3 is 4.74 Å². The monoisotopic (exact) mass is 470 g/mol. The maximum Gasteiger partial charge on any atom is 0.213 e. The molecule has 0 aliphatic heterocycles. The summed E-state index contributed by atoms with van der Waals surface area (Å²) in [5.74, 6) is 0.155. The summed E-state index contributed by atoms with van der Waals surface area (Å²) >= 11 is 3.59. The highest BCUT2D eigenvalue weighted by Crippen LogP contribution is 2.47. The minimum absolute atomic E-state index is 0.0728. The lowest BCUT2D eigenvalue weighted by Crippen LogP contribution is -2.55. The van der Waals surface area contributed by atoms with Crippen LogP contribution in [0.2, 0.25) is 18.6 Å². The molecule has 4 atom stereocenters. The Bertz CT molecular complexity index is 926. The molecule has 0 spiro atoms. The number of benzene rings is 1. The molecule has 0 amide bonds. The van der Waals surface area contributed by atoms with Gasteiger partial charge in [-0.05, 0) is 39.9 Å². The number of carbonyl (C=O) groups is 1. The zero-order valence-electron chi connectivity index (χ0n) is 17.4. The number of ketones is 1. The van der Waals surface area contributed by atoms with Gasteiger partial charge in [0.1, 0.15) is 5.92 Å². The number of rotatable bonds is 5. The Morgan fingerprint density at radius 2 is 1.93 bits per heavy atom. The first-order chi connectivity index (χ1) is 13.8. The summed E-state index contributed by atoms with van der Waals surface area (Å²) in [6.07, 6.45) is 1.17. The second kappa shape index (κ2) is 8.81. The first-order valence-corrected chi connectivity index (χ1v) is 13.8. The van der Waals surface area contributed by atoms with Gasteiger partial charge in [0.25, 0.3) is 0 Å². The zero-order chi connectivity index (χ0) is 21.2. The van der Waals surface area contributed by atoms with E-state index in [1.807, 2.05) is 12.1 Å².